The molecule has 11 aromatic rings. The van der Waals surface area contributed by atoms with Crippen molar-refractivity contribution in [2.75, 3.05) is 4.90 Å². The highest BCUT2D eigenvalue weighted by atomic mass is 15.1. The first-order chi connectivity index (χ1) is 29.8. The zero-order valence-corrected chi connectivity index (χ0v) is 33.0. The molecule has 0 bridgehead atoms. The molecule has 0 aliphatic rings. The van der Waals surface area contributed by atoms with Gasteiger partial charge >= 0.3 is 0 Å². The van der Waals surface area contributed by atoms with E-state index in [0.717, 1.165) is 39.4 Å². The Hall–Kier alpha value is -7.94. The van der Waals surface area contributed by atoms with Gasteiger partial charge in [-0.2, -0.15) is 0 Å². The van der Waals surface area contributed by atoms with Crippen molar-refractivity contribution in [2.45, 2.75) is 0 Å². The van der Waals surface area contributed by atoms with Crippen LogP contribution in [0.1, 0.15) is 0 Å². The third-order valence-corrected chi connectivity index (χ3v) is 11.8. The molecule has 2 nitrogen and oxygen atoms in total. The molecule has 1 heterocycles. The molecule has 1 aromatic heterocycles. The van der Waals surface area contributed by atoms with Crippen molar-refractivity contribution in [3.05, 3.63) is 243 Å². The van der Waals surface area contributed by atoms with Crippen LogP contribution in [-0.4, -0.2) is 4.57 Å². The van der Waals surface area contributed by atoms with E-state index < -0.39 is 0 Å². The van der Waals surface area contributed by atoms with Crippen LogP contribution in [-0.2, 0) is 0 Å². The Morgan fingerprint density at radius 3 is 1.53 bits per heavy atom. The van der Waals surface area contributed by atoms with Crippen LogP contribution in [0.25, 0.3) is 82.8 Å². The molecule has 0 N–H and O–H groups in total. The summed E-state index contributed by atoms with van der Waals surface area (Å²) in [6, 6.07) is 87.9. The minimum atomic E-state index is 1.08. The van der Waals surface area contributed by atoms with E-state index in [9.17, 15) is 0 Å². The topological polar surface area (TPSA) is 8.17 Å². The molecule has 2 heteroatoms. The average molecular weight is 765 g/mol. The summed E-state index contributed by atoms with van der Waals surface area (Å²) in [6.45, 7) is 0. The second kappa shape index (κ2) is 15.1. The van der Waals surface area contributed by atoms with E-state index in [-0.39, 0.29) is 0 Å². The van der Waals surface area contributed by atoms with Gasteiger partial charge in [0, 0.05) is 33.3 Å². The quantitative estimate of drug-likeness (QED) is 0.150. The monoisotopic (exact) mass is 764 g/mol. The minimum absolute atomic E-state index is 1.08. The SMILES string of the molecule is c1ccc(-c2ccc(-c3ccccc3N(c3ccc(-c4ccccc4)cc3)c3ccc4c5ccccc5n(-c5ccccc5-c5cccc6ccccc56)c4c3)cc2)cc1. The largest absolute Gasteiger partial charge is 0.310 e. The maximum atomic E-state index is 2.47. The van der Waals surface area contributed by atoms with Crippen LogP contribution in [0, 0.1) is 0 Å². The summed E-state index contributed by atoms with van der Waals surface area (Å²) in [5, 5.41) is 4.92. The highest BCUT2D eigenvalue weighted by molar-refractivity contribution is 6.11. The number of rotatable bonds is 8. The van der Waals surface area contributed by atoms with Gasteiger partial charge in [0.25, 0.3) is 0 Å². The Labute approximate surface area is 350 Å². The summed E-state index contributed by atoms with van der Waals surface area (Å²) in [4.78, 5) is 2.42. The molecular formula is C58H40N2. The Morgan fingerprint density at radius 1 is 0.283 bits per heavy atom. The van der Waals surface area contributed by atoms with Crippen LogP contribution in [0.2, 0.25) is 0 Å². The van der Waals surface area contributed by atoms with E-state index in [4.69, 9.17) is 0 Å². The van der Waals surface area contributed by atoms with E-state index in [2.05, 4.69) is 252 Å². The lowest BCUT2D eigenvalue weighted by Gasteiger charge is -2.28. The van der Waals surface area contributed by atoms with Gasteiger partial charge in [0.15, 0.2) is 0 Å². The lowest BCUT2D eigenvalue weighted by atomic mass is 9.97. The first-order valence-corrected chi connectivity index (χ1v) is 20.6. The molecule has 11 rings (SSSR count). The van der Waals surface area contributed by atoms with Crippen molar-refractivity contribution in [2.24, 2.45) is 0 Å². The lowest BCUT2D eigenvalue weighted by Crippen LogP contribution is -2.11. The number of benzene rings is 10. The number of para-hydroxylation sites is 3. The molecular weight excluding hydrogens is 725 g/mol. The Bertz CT molecular complexity index is 3280. The van der Waals surface area contributed by atoms with Crippen LogP contribution in [0.5, 0.6) is 0 Å². The zero-order chi connectivity index (χ0) is 39.8. The van der Waals surface area contributed by atoms with Crippen molar-refractivity contribution < 1.29 is 0 Å². The Balaban J connectivity index is 1.12. The number of hydrogen-bond donors (Lipinski definition) is 0. The van der Waals surface area contributed by atoms with E-state index in [1.807, 2.05) is 0 Å². The van der Waals surface area contributed by atoms with Gasteiger partial charge in [-0.3, -0.25) is 0 Å². The van der Waals surface area contributed by atoms with Gasteiger partial charge < -0.3 is 9.47 Å². The van der Waals surface area contributed by atoms with Crippen molar-refractivity contribution in [1.82, 2.24) is 4.57 Å². The molecule has 0 amide bonds. The number of hydrogen-bond acceptors (Lipinski definition) is 1. The van der Waals surface area contributed by atoms with Gasteiger partial charge in [-0.15, -0.1) is 0 Å². The van der Waals surface area contributed by atoms with Crippen molar-refractivity contribution >= 4 is 49.6 Å². The van der Waals surface area contributed by atoms with Gasteiger partial charge in [-0.05, 0) is 86.6 Å². The van der Waals surface area contributed by atoms with Crippen LogP contribution in [0.4, 0.5) is 17.1 Å². The van der Waals surface area contributed by atoms with Crippen LogP contribution in [0.3, 0.4) is 0 Å². The number of anilines is 3. The molecule has 0 aliphatic heterocycles. The van der Waals surface area contributed by atoms with E-state index in [1.54, 1.807) is 0 Å². The lowest BCUT2D eigenvalue weighted by molar-refractivity contribution is 1.18. The van der Waals surface area contributed by atoms with Gasteiger partial charge in [0.1, 0.15) is 0 Å². The van der Waals surface area contributed by atoms with Crippen molar-refractivity contribution in [3.8, 4) is 50.2 Å². The van der Waals surface area contributed by atoms with E-state index >= 15 is 0 Å². The fourth-order valence-corrected chi connectivity index (χ4v) is 8.96. The van der Waals surface area contributed by atoms with Crippen LogP contribution in [0.15, 0.2) is 243 Å². The number of nitrogens with zero attached hydrogens (tertiary/aromatic N) is 2. The maximum Gasteiger partial charge on any atom is 0.0562 e. The van der Waals surface area contributed by atoms with Gasteiger partial charge in [0.05, 0.1) is 22.4 Å². The maximum absolute atomic E-state index is 2.47. The second-order valence-electron chi connectivity index (χ2n) is 15.3. The first kappa shape index (κ1) is 35.2. The first-order valence-electron chi connectivity index (χ1n) is 20.6. The minimum Gasteiger partial charge on any atom is -0.310 e. The van der Waals surface area contributed by atoms with Crippen LogP contribution < -0.4 is 4.90 Å². The molecule has 0 atom stereocenters. The standard InChI is InChI=1S/C58H40N2/c1-3-16-41(17-4-1)43-30-32-46(33-31-43)50-23-9-12-27-55(50)59(47-36-34-44(35-37-47)42-18-5-2-6-19-42)48-38-39-54-53-25-11-14-29-57(53)60(58(54)40-48)56-28-13-10-24-52(56)51-26-15-21-45-20-7-8-22-49(45)51/h1-40H. The highest BCUT2D eigenvalue weighted by Crippen LogP contribution is 2.45. The van der Waals surface area contributed by atoms with Crippen LogP contribution >= 0.6 is 0 Å². The molecule has 0 saturated heterocycles. The predicted molar refractivity (Wildman–Crippen MR) is 255 cm³/mol. The smallest absolute Gasteiger partial charge is 0.0562 e. The summed E-state index contributed by atoms with van der Waals surface area (Å²) in [7, 11) is 0. The van der Waals surface area contributed by atoms with Crippen molar-refractivity contribution in [3.63, 3.8) is 0 Å². The molecule has 0 spiro atoms. The van der Waals surface area contributed by atoms with Gasteiger partial charge in [-0.25, -0.2) is 0 Å². The third-order valence-electron chi connectivity index (χ3n) is 11.8. The molecule has 0 radical (unpaired) electrons. The van der Waals surface area contributed by atoms with Gasteiger partial charge in [0.2, 0.25) is 0 Å². The molecule has 60 heavy (non-hydrogen) atoms. The normalized spacial score (nSPS) is 11.3. The van der Waals surface area contributed by atoms with Crippen molar-refractivity contribution in [1.29, 1.82) is 0 Å². The molecule has 0 saturated carbocycles. The zero-order valence-electron chi connectivity index (χ0n) is 33.0. The second-order valence-corrected chi connectivity index (χ2v) is 15.3. The Kier molecular flexibility index (Phi) is 8.87. The molecule has 0 fully saturated rings. The summed E-state index contributed by atoms with van der Waals surface area (Å²) in [5.41, 5.74) is 16.3. The average Bonchev–Trinajstić information content (AvgIpc) is 3.66. The molecule has 282 valence electrons. The predicted octanol–water partition coefficient (Wildman–Crippen LogP) is 16.1. The highest BCUT2D eigenvalue weighted by Gasteiger charge is 2.21. The summed E-state index contributed by atoms with van der Waals surface area (Å²) >= 11 is 0. The summed E-state index contributed by atoms with van der Waals surface area (Å²) in [5.74, 6) is 0. The summed E-state index contributed by atoms with van der Waals surface area (Å²) in [6.07, 6.45) is 0. The Morgan fingerprint density at radius 2 is 0.783 bits per heavy atom. The molecule has 0 aliphatic carbocycles. The summed E-state index contributed by atoms with van der Waals surface area (Å²) < 4.78 is 2.47. The molecule has 0 unspecified atom stereocenters. The third kappa shape index (κ3) is 6.23. The molecule has 10 aromatic carbocycles. The fraction of sp³-hybridized carbons (Fsp3) is 0. The van der Waals surface area contributed by atoms with E-state index in [0.29, 0.717) is 0 Å². The van der Waals surface area contributed by atoms with E-state index in [1.165, 1.54) is 60.4 Å². The fourth-order valence-electron chi connectivity index (χ4n) is 8.96. The van der Waals surface area contributed by atoms with Gasteiger partial charge in [-0.1, -0.05) is 200 Å². The number of aromatic nitrogens is 1. The number of fused-ring (bicyclic) bond motifs is 4.